The molecule has 2 aromatic heterocycles. The van der Waals surface area contributed by atoms with E-state index < -0.39 is 0 Å². The maximum atomic E-state index is 12.2. The highest BCUT2D eigenvalue weighted by Crippen LogP contribution is 2.21. The number of carbonyl (C=O) groups excluding carboxylic acids is 1. The van der Waals surface area contributed by atoms with E-state index in [1.54, 1.807) is 12.3 Å². The molecule has 3 aromatic rings. The summed E-state index contributed by atoms with van der Waals surface area (Å²) >= 11 is 1.27. The number of amides is 1. The second-order valence-corrected chi connectivity index (χ2v) is 7.42. The Bertz CT molecular complexity index is 948. The van der Waals surface area contributed by atoms with E-state index in [0.29, 0.717) is 55.7 Å². The number of nitrogens with zero attached hydrogens (tertiary/aromatic N) is 4. The standard InChI is InChI=1S/C20H22N6O3S/c27-17(21-13-16-7-4-10-29-16)14-30-20-24-18(22-15-5-2-1-3-6-15)23-19(25-20)26-8-11-28-12-9-26/h1-7,10H,8-9,11-14H2,(H,21,27)(H,22,23,24,25). The number of hydrogen-bond acceptors (Lipinski definition) is 9. The summed E-state index contributed by atoms with van der Waals surface area (Å²) in [7, 11) is 0. The Morgan fingerprint density at radius 2 is 1.90 bits per heavy atom. The van der Waals surface area contributed by atoms with E-state index >= 15 is 0 Å². The van der Waals surface area contributed by atoms with Gasteiger partial charge in [0.1, 0.15) is 5.76 Å². The average Bonchev–Trinajstić information content (AvgIpc) is 3.31. The SMILES string of the molecule is O=C(CSc1nc(Nc2ccccc2)nc(N2CCOCC2)n1)NCc1ccco1. The normalized spacial score (nSPS) is 13.8. The van der Waals surface area contributed by atoms with Crippen LogP contribution < -0.4 is 15.5 Å². The van der Waals surface area contributed by atoms with Gasteiger partial charge in [0, 0.05) is 18.8 Å². The Hall–Kier alpha value is -3.11. The van der Waals surface area contributed by atoms with Crippen LogP contribution in [-0.4, -0.2) is 52.9 Å². The number of aromatic nitrogens is 3. The van der Waals surface area contributed by atoms with Crippen molar-refractivity contribution in [1.29, 1.82) is 0 Å². The summed E-state index contributed by atoms with van der Waals surface area (Å²) in [6.45, 7) is 3.03. The summed E-state index contributed by atoms with van der Waals surface area (Å²) in [6.07, 6.45) is 1.58. The molecule has 0 radical (unpaired) electrons. The maximum Gasteiger partial charge on any atom is 0.233 e. The number of benzene rings is 1. The fraction of sp³-hybridized carbons (Fsp3) is 0.300. The van der Waals surface area contributed by atoms with Crippen molar-refractivity contribution in [2.75, 3.05) is 42.3 Å². The van der Waals surface area contributed by atoms with Crippen molar-refractivity contribution >= 4 is 35.3 Å². The lowest BCUT2D eigenvalue weighted by Crippen LogP contribution is -2.37. The first-order valence-corrected chi connectivity index (χ1v) is 10.6. The Labute approximate surface area is 178 Å². The van der Waals surface area contributed by atoms with Crippen molar-refractivity contribution in [3.8, 4) is 0 Å². The molecule has 156 valence electrons. The van der Waals surface area contributed by atoms with Crippen molar-refractivity contribution in [2.45, 2.75) is 11.7 Å². The van der Waals surface area contributed by atoms with Crippen molar-refractivity contribution in [2.24, 2.45) is 0 Å². The molecule has 1 aromatic carbocycles. The monoisotopic (exact) mass is 426 g/mol. The van der Waals surface area contributed by atoms with Gasteiger partial charge in [-0.2, -0.15) is 15.0 Å². The number of anilines is 3. The average molecular weight is 427 g/mol. The van der Waals surface area contributed by atoms with Gasteiger partial charge >= 0.3 is 0 Å². The molecule has 10 heteroatoms. The van der Waals surface area contributed by atoms with E-state index in [-0.39, 0.29) is 11.7 Å². The van der Waals surface area contributed by atoms with Gasteiger partial charge in [-0.05, 0) is 24.3 Å². The molecule has 0 aliphatic carbocycles. The lowest BCUT2D eigenvalue weighted by Gasteiger charge is -2.27. The molecular weight excluding hydrogens is 404 g/mol. The van der Waals surface area contributed by atoms with Crippen LogP contribution in [0, 0.1) is 0 Å². The zero-order valence-electron chi connectivity index (χ0n) is 16.3. The van der Waals surface area contributed by atoms with Crippen LogP contribution in [0.25, 0.3) is 0 Å². The van der Waals surface area contributed by atoms with Gasteiger partial charge in [0.2, 0.25) is 17.8 Å². The molecule has 0 saturated carbocycles. The number of carbonyl (C=O) groups is 1. The summed E-state index contributed by atoms with van der Waals surface area (Å²) in [5, 5.41) is 6.51. The third kappa shape index (κ3) is 5.71. The molecule has 2 N–H and O–H groups in total. The number of para-hydroxylation sites is 1. The smallest absolute Gasteiger partial charge is 0.233 e. The minimum absolute atomic E-state index is 0.123. The third-order valence-electron chi connectivity index (χ3n) is 4.30. The molecule has 0 unspecified atom stereocenters. The highest BCUT2D eigenvalue weighted by molar-refractivity contribution is 7.99. The minimum atomic E-state index is -0.123. The number of furan rings is 1. The summed E-state index contributed by atoms with van der Waals surface area (Å²) in [5.74, 6) is 1.79. The summed E-state index contributed by atoms with van der Waals surface area (Å²) in [5.41, 5.74) is 0.878. The molecular formula is C20H22N6O3S. The third-order valence-corrected chi connectivity index (χ3v) is 5.15. The quantitative estimate of drug-likeness (QED) is 0.525. The van der Waals surface area contributed by atoms with E-state index in [2.05, 4.69) is 30.5 Å². The van der Waals surface area contributed by atoms with Crippen LogP contribution in [0.15, 0.2) is 58.3 Å². The van der Waals surface area contributed by atoms with Crippen molar-refractivity contribution in [1.82, 2.24) is 20.3 Å². The zero-order valence-corrected chi connectivity index (χ0v) is 17.1. The Kier molecular flexibility index (Phi) is 6.78. The van der Waals surface area contributed by atoms with Gasteiger partial charge in [0.15, 0.2) is 5.16 Å². The molecule has 1 fully saturated rings. The molecule has 4 rings (SSSR count). The van der Waals surface area contributed by atoms with E-state index in [0.717, 1.165) is 5.69 Å². The second-order valence-electron chi connectivity index (χ2n) is 6.48. The molecule has 1 amide bonds. The van der Waals surface area contributed by atoms with Crippen LogP contribution in [0.4, 0.5) is 17.6 Å². The number of nitrogens with one attached hydrogen (secondary N) is 2. The predicted octanol–water partition coefficient (Wildman–Crippen LogP) is 2.45. The van der Waals surface area contributed by atoms with Gasteiger partial charge in [0.05, 0.1) is 31.8 Å². The molecule has 0 spiro atoms. The highest BCUT2D eigenvalue weighted by Gasteiger charge is 2.17. The van der Waals surface area contributed by atoms with Crippen LogP contribution in [0.3, 0.4) is 0 Å². The molecule has 9 nitrogen and oxygen atoms in total. The first-order chi connectivity index (χ1) is 14.8. The highest BCUT2D eigenvalue weighted by atomic mass is 32.2. The summed E-state index contributed by atoms with van der Waals surface area (Å²) in [4.78, 5) is 27.8. The fourth-order valence-electron chi connectivity index (χ4n) is 2.80. The number of thioether (sulfide) groups is 1. The van der Waals surface area contributed by atoms with Gasteiger partial charge in [-0.1, -0.05) is 30.0 Å². The number of rotatable bonds is 8. The first kappa shape index (κ1) is 20.2. The van der Waals surface area contributed by atoms with Gasteiger partial charge < -0.3 is 24.7 Å². The van der Waals surface area contributed by atoms with Crippen LogP contribution >= 0.6 is 11.8 Å². The molecule has 0 bridgehead atoms. The van der Waals surface area contributed by atoms with E-state index in [4.69, 9.17) is 9.15 Å². The Morgan fingerprint density at radius 3 is 2.67 bits per heavy atom. The largest absolute Gasteiger partial charge is 0.467 e. The molecule has 1 saturated heterocycles. The molecule has 1 aliphatic rings. The summed E-state index contributed by atoms with van der Waals surface area (Å²) in [6, 6.07) is 13.3. The number of morpholine rings is 1. The van der Waals surface area contributed by atoms with Gasteiger partial charge in [-0.15, -0.1) is 0 Å². The van der Waals surface area contributed by atoms with Gasteiger partial charge in [-0.3, -0.25) is 4.79 Å². The molecule has 1 aliphatic heterocycles. The summed E-state index contributed by atoms with van der Waals surface area (Å²) < 4.78 is 10.6. The molecule has 0 atom stereocenters. The van der Waals surface area contributed by atoms with E-state index in [1.807, 2.05) is 36.4 Å². The van der Waals surface area contributed by atoms with E-state index in [9.17, 15) is 4.79 Å². The van der Waals surface area contributed by atoms with Crippen LogP contribution in [0.1, 0.15) is 5.76 Å². The first-order valence-electron chi connectivity index (χ1n) is 9.59. The molecule has 30 heavy (non-hydrogen) atoms. The zero-order chi connectivity index (χ0) is 20.6. The van der Waals surface area contributed by atoms with Crippen LogP contribution in [0.2, 0.25) is 0 Å². The molecule has 3 heterocycles. The van der Waals surface area contributed by atoms with Crippen LogP contribution in [0.5, 0.6) is 0 Å². The maximum absolute atomic E-state index is 12.2. The van der Waals surface area contributed by atoms with Gasteiger partial charge in [0.25, 0.3) is 0 Å². The van der Waals surface area contributed by atoms with Crippen LogP contribution in [-0.2, 0) is 16.1 Å². The lowest BCUT2D eigenvalue weighted by atomic mass is 10.3. The Morgan fingerprint density at radius 1 is 1.07 bits per heavy atom. The number of ether oxygens (including phenoxy) is 1. The fourth-order valence-corrected chi connectivity index (χ4v) is 3.46. The van der Waals surface area contributed by atoms with E-state index in [1.165, 1.54) is 11.8 Å². The Balaban J connectivity index is 1.44. The number of hydrogen-bond donors (Lipinski definition) is 2. The lowest BCUT2D eigenvalue weighted by molar-refractivity contribution is -0.118. The van der Waals surface area contributed by atoms with Crippen molar-refractivity contribution in [3.05, 3.63) is 54.5 Å². The van der Waals surface area contributed by atoms with Crippen molar-refractivity contribution < 1.29 is 13.9 Å². The second kappa shape index (κ2) is 10.1. The topological polar surface area (TPSA) is 105 Å². The van der Waals surface area contributed by atoms with Crippen molar-refractivity contribution in [3.63, 3.8) is 0 Å². The van der Waals surface area contributed by atoms with Gasteiger partial charge in [-0.25, -0.2) is 0 Å². The predicted molar refractivity (Wildman–Crippen MR) is 114 cm³/mol. The minimum Gasteiger partial charge on any atom is -0.467 e.